The van der Waals surface area contributed by atoms with Crippen LogP contribution < -0.4 is 4.87 Å². The highest BCUT2D eigenvalue weighted by Crippen LogP contribution is 2.14. The second kappa shape index (κ2) is 7.18. The Bertz CT molecular complexity index is 884. The smallest absolute Gasteiger partial charge is 0.308 e. The van der Waals surface area contributed by atoms with Crippen LogP contribution in [0, 0.1) is 6.92 Å². The predicted octanol–water partition coefficient (Wildman–Crippen LogP) is 1.80. The minimum atomic E-state index is -0.436. The summed E-state index contributed by atoms with van der Waals surface area (Å²) in [5.74, 6) is 0.148. The third-order valence-corrected chi connectivity index (χ3v) is 4.14. The fourth-order valence-electron chi connectivity index (χ4n) is 2.02. The van der Waals surface area contributed by atoms with Crippen molar-refractivity contribution in [3.8, 4) is 11.4 Å². The molecule has 9 heteroatoms. The second-order valence-corrected chi connectivity index (χ2v) is 5.78. The second-order valence-electron chi connectivity index (χ2n) is 4.96. The van der Waals surface area contributed by atoms with Crippen LogP contribution in [0.1, 0.15) is 18.0 Å². The van der Waals surface area contributed by atoms with Gasteiger partial charge < -0.3 is 13.8 Å². The molecule has 24 heavy (non-hydrogen) atoms. The number of carbonyl (C=O) groups excluding carboxylic acids is 1. The van der Waals surface area contributed by atoms with Crippen molar-refractivity contribution in [1.29, 1.82) is 0 Å². The third kappa shape index (κ3) is 3.74. The molecule has 0 unspecified atom stereocenters. The van der Waals surface area contributed by atoms with Crippen LogP contribution in [-0.2, 0) is 22.7 Å². The normalized spacial score (nSPS) is 10.7. The van der Waals surface area contributed by atoms with Crippen molar-refractivity contribution in [2.24, 2.45) is 0 Å². The zero-order valence-electron chi connectivity index (χ0n) is 12.8. The van der Waals surface area contributed by atoms with E-state index in [9.17, 15) is 9.59 Å². The van der Waals surface area contributed by atoms with E-state index in [0.29, 0.717) is 11.4 Å². The molecule has 3 aromatic heterocycles. The van der Waals surface area contributed by atoms with Crippen LogP contribution >= 0.6 is 11.3 Å². The molecular weight excluding hydrogens is 332 g/mol. The van der Waals surface area contributed by atoms with Crippen LogP contribution in [-0.4, -0.2) is 25.7 Å². The average Bonchev–Trinajstić information content (AvgIpc) is 3.19. The molecule has 3 aromatic rings. The van der Waals surface area contributed by atoms with Gasteiger partial charge in [-0.3, -0.25) is 14.6 Å². The van der Waals surface area contributed by atoms with Gasteiger partial charge in [0.15, 0.2) is 6.61 Å². The van der Waals surface area contributed by atoms with Crippen molar-refractivity contribution >= 4 is 17.3 Å². The van der Waals surface area contributed by atoms with Crippen LogP contribution in [0.15, 0.2) is 39.2 Å². The number of aryl methyl sites for hydroxylation is 1. The van der Waals surface area contributed by atoms with Crippen LogP contribution in [0.5, 0.6) is 0 Å². The van der Waals surface area contributed by atoms with Gasteiger partial charge in [-0.2, -0.15) is 4.98 Å². The first-order valence-electron chi connectivity index (χ1n) is 7.17. The topological polar surface area (TPSA) is 100 Å². The number of ether oxygens (including phenoxy) is 1. The molecule has 0 N–H and O–H groups in total. The Morgan fingerprint density at radius 3 is 3.04 bits per heavy atom. The molecule has 124 valence electrons. The van der Waals surface area contributed by atoms with Gasteiger partial charge in [0.25, 0.3) is 5.89 Å². The van der Waals surface area contributed by atoms with E-state index >= 15 is 0 Å². The maximum atomic E-state index is 11.8. The van der Waals surface area contributed by atoms with Crippen molar-refractivity contribution in [3.63, 3.8) is 0 Å². The molecule has 8 nitrogen and oxygen atoms in total. The molecule has 0 saturated carbocycles. The Kier molecular flexibility index (Phi) is 4.80. The number of thiazole rings is 1. The van der Waals surface area contributed by atoms with E-state index in [0.717, 1.165) is 17.0 Å². The number of esters is 1. The van der Waals surface area contributed by atoms with Gasteiger partial charge in [0.1, 0.15) is 0 Å². The van der Waals surface area contributed by atoms with Gasteiger partial charge in [-0.25, -0.2) is 0 Å². The molecule has 3 heterocycles. The lowest BCUT2D eigenvalue weighted by Crippen LogP contribution is -2.17. The summed E-state index contributed by atoms with van der Waals surface area (Å²) < 4.78 is 11.7. The molecular formula is C15H14N4O4S. The van der Waals surface area contributed by atoms with Crippen molar-refractivity contribution in [1.82, 2.24) is 19.7 Å². The standard InChI is InChI=1S/C15H14N4O4S/c1-10-9-24-15(21)19(10)6-4-13(20)22-8-12-17-14(18-23-12)11-3-2-5-16-7-11/h2-3,5,7,9H,4,6,8H2,1H3. The van der Waals surface area contributed by atoms with Crippen molar-refractivity contribution in [3.05, 3.63) is 51.2 Å². The minimum Gasteiger partial charge on any atom is -0.456 e. The lowest BCUT2D eigenvalue weighted by atomic mass is 10.3. The molecule has 3 rings (SSSR count). The minimum absolute atomic E-state index is 0.0849. The number of aromatic nitrogens is 4. The maximum absolute atomic E-state index is 11.8. The zero-order valence-corrected chi connectivity index (χ0v) is 13.7. The van der Waals surface area contributed by atoms with Crippen LogP contribution in [0.4, 0.5) is 0 Å². The van der Waals surface area contributed by atoms with E-state index in [-0.39, 0.29) is 30.3 Å². The summed E-state index contributed by atoms with van der Waals surface area (Å²) in [5, 5.41) is 5.57. The van der Waals surface area contributed by atoms with E-state index in [1.165, 1.54) is 0 Å². The molecule has 0 bridgehead atoms. The Morgan fingerprint density at radius 1 is 1.46 bits per heavy atom. The number of nitrogens with zero attached hydrogens (tertiary/aromatic N) is 4. The summed E-state index contributed by atoms with van der Waals surface area (Å²) in [4.78, 5) is 31.4. The van der Waals surface area contributed by atoms with Crippen molar-refractivity contribution in [2.75, 3.05) is 0 Å². The molecule has 0 aromatic carbocycles. The summed E-state index contributed by atoms with van der Waals surface area (Å²) in [7, 11) is 0. The SMILES string of the molecule is Cc1csc(=O)n1CCC(=O)OCc1nc(-c2cccnc2)no1. The Morgan fingerprint density at radius 2 is 2.33 bits per heavy atom. The van der Waals surface area contributed by atoms with Gasteiger partial charge in [0, 0.05) is 35.6 Å². The number of hydrogen-bond acceptors (Lipinski definition) is 8. The van der Waals surface area contributed by atoms with E-state index < -0.39 is 5.97 Å². The van der Waals surface area contributed by atoms with Crippen LogP contribution in [0.25, 0.3) is 11.4 Å². The Hall–Kier alpha value is -2.81. The molecule has 0 fully saturated rings. The van der Waals surface area contributed by atoms with E-state index in [1.807, 2.05) is 6.92 Å². The van der Waals surface area contributed by atoms with E-state index in [4.69, 9.17) is 9.26 Å². The lowest BCUT2D eigenvalue weighted by molar-refractivity contribution is -0.146. The summed E-state index contributed by atoms with van der Waals surface area (Å²) in [6, 6.07) is 3.56. The highest BCUT2D eigenvalue weighted by atomic mass is 32.1. The van der Waals surface area contributed by atoms with Crippen LogP contribution in [0.2, 0.25) is 0 Å². The average molecular weight is 346 g/mol. The van der Waals surface area contributed by atoms with E-state index in [1.54, 1.807) is 34.5 Å². The summed E-state index contributed by atoms with van der Waals surface area (Å²) in [5.41, 5.74) is 1.54. The monoisotopic (exact) mass is 346 g/mol. The number of rotatable bonds is 6. The highest BCUT2D eigenvalue weighted by Gasteiger charge is 2.12. The lowest BCUT2D eigenvalue weighted by Gasteiger charge is -2.04. The fourth-order valence-corrected chi connectivity index (χ4v) is 2.78. The van der Waals surface area contributed by atoms with Gasteiger partial charge in [-0.15, -0.1) is 0 Å². The predicted molar refractivity (Wildman–Crippen MR) is 85.3 cm³/mol. The molecule has 0 aliphatic heterocycles. The maximum Gasteiger partial charge on any atom is 0.308 e. The number of pyridine rings is 1. The molecule has 0 radical (unpaired) electrons. The van der Waals surface area contributed by atoms with Gasteiger partial charge in [-0.1, -0.05) is 16.5 Å². The molecule has 0 saturated heterocycles. The first-order chi connectivity index (χ1) is 11.6. The fraction of sp³-hybridized carbons (Fsp3) is 0.267. The molecule has 0 amide bonds. The molecule has 0 aliphatic carbocycles. The van der Waals surface area contributed by atoms with Gasteiger partial charge >= 0.3 is 10.8 Å². The Labute approximate surface area is 140 Å². The van der Waals surface area contributed by atoms with Crippen molar-refractivity contribution < 1.29 is 14.1 Å². The van der Waals surface area contributed by atoms with Gasteiger partial charge in [0.2, 0.25) is 5.82 Å². The number of carbonyl (C=O) groups is 1. The van der Waals surface area contributed by atoms with E-state index in [2.05, 4.69) is 15.1 Å². The van der Waals surface area contributed by atoms with Gasteiger partial charge in [-0.05, 0) is 19.1 Å². The third-order valence-electron chi connectivity index (χ3n) is 3.26. The first kappa shape index (κ1) is 16.1. The largest absolute Gasteiger partial charge is 0.456 e. The quantitative estimate of drug-likeness (QED) is 0.627. The summed E-state index contributed by atoms with van der Waals surface area (Å²) in [6.45, 7) is 2.00. The highest BCUT2D eigenvalue weighted by molar-refractivity contribution is 7.07. The van der Waals surface area contributed by atoms with Gasteiger partial charge in [0.05, 0.1) is 6.42 Å². The summed E-state index contributed by atoms with van der Waals surface area (Å²) in [6.07, 6.45) is 3.36. The zero-order chi connectivity index (χ0) is 16.9. The summed E-state index contributed by atoms with van der Waals surface area (Å²) >= 11 is 1.11. The first-order valence-corrected chi connectivity index (χ1v) is 8.05. The van der Waals surface area contributed by atoms with Crippen molar-refractivity contribution in [2.45, 2.75) is 26.5 Å². The molecule has 0 spiro atoms. The molecule has 0 aliphatic rings. The Balaban J connectivity index is 1.52. The van der Waals surface area contributed by atoms with Crippen LogP contribution in [0.3, 0.4) is 0 Å². The number of hydrogen-bond donors (Lipinski definition) is 0. The molecule has 0 atom stereocenters.